The number of nitrogen functional groups attached to an aromatic ring is 1. The van der Waals surface area contributed by atoms with Crippen LogP contribution in [0.2, 0.25) is 0 Å². The van der Waals surface area contributed by atoms with E-state index < -0.39 is 82.0 Å². The van der Waals surface area contributed by atoms with Gasteiger partial charge in [-0.05, 0) is 86.8 Å². The first kappa shape index (κ1) is 36.2. The minimum absolute atomic E-state index is 0.0788. The highest BCUT2D eigenvalue weighted by Gasteiger charge is 2.69. The van der Waals surface area contributed by atoms with Crippen molar-refractivity contribution < 1.29 is 50.5 Å². The number of pyridine rings is 2. The molecule has 2 fully saturated rings. The maximum absolute atomic E-state index is 17.0. The van der Waals surface area contributed by atoms with E-state index in [2.05, 4.69) is 9.72 Å². The minimum Gasteiger partial charge on any atom is -0.472 e. The number of carbonyl (C=O) groups is 2. The lowest BCUT2D eigenvalue weighted by Crippen LogP contribution is -2.77. The quantitative estimate of drug-likeness (QED) is 0.169. The van der Waals surface area contributed by atoms with E-state index in [4.69, 9.17) is 24.9 Å². The fourth-order valence-corrected chi connectivity index (χ4v) is 7.58. The Bertz CT molecular complexity index is 1970. The topological polar surface area (TPSA) is 129 Å². The number of aryl methyl sites for hydroxylation is 2. The summed E-state index contributed by atoms with van der Waals surface area (Å²) in [5.41, 5.74) is 1.17. The van der Waals surface area contributed by atoms with E-state index in [0.717, 1.165) is 6.07 Å². The number of fused-ring (bicyclic) bond motifs is 5. The summed E-state index contributed by atoms with van der Waals surface area (Å²) < 4.78 is 94.6. The molecule has 51 heavy (non-hydrogen) atoms. The van der Waals surface area contributed by atoms with Crippen molar-refractivity contribution in [3.63, 3.8) is 0 Å². The maximum atomic E-state index is 17.0. The number of hydrogen-bond donors (Lipinski definition) is 1. The van der Waals surface area contributed by atoms with Crippen molar-refractivity contribution in [3.8, 4) is 22.9 Å². The molecule has 0 aliphatic carbocycles. The summed E-state index contributed by atoms with van der Waals surface area (Å²) in [7, 11) is 0. The zero-order chi connectivity index (χ0) is 37.7. The Balaban J connectivity index is 1.63. The number of carbonyl (C=O) groups excluding carboxylic acids is 2. The molecule has 1 aromatic carbocycles. The third kappa shape index (κ3) is 5.70. The second-order valence-electron chi connectivity index (χ2n) is 14.9. The van der Waals surface area contributed by atoms with Gasteiger partial charge in [0.1, 0.15) is 23.2 Å². The number of rotatable bonds is 4. The fraction of sp³-hybridized carbons (Fsp3) is 0.543. The molecule has 0 spiro atoms. The molecule has 276 valence electrons. The molecule has 2 aromatic heterocycles. The number of ether oxygens (including phenoxy) is 4. The zero-order valence-corrected chi connectivity index (χ0v) is 29.7. The Labute approximate surface area is 291 Å². The first-order valence-corrected chi connectivity index (χ1v) is 16.5. The fourth-order valence-electron chi connectivity index (χ4n) is 7.58. The third-order valence-corrected chi connectivity index (χ3v) is 10.0. The molecule has 2 N–H and O–H groups in total. The summed E-state index contributed by atoms with van der Waals surface area (Å²) >= 11 is 0. The van der Waals surface area contributed by atoms with E-state index in [0.29, 0.717) is 23.7 Å². The highest BCUT2D eigenvalue weighted by Crippen LogP contribution is 2.55. The van der Waals surface area contributed by atoms with Gasteiger partial charge in [-0.2, -0.15) is 0 Å². The van der Waals surface area contributed by atoms with Crippen molar-refractivity contribution in [1.29, 1.82) is 0 Å². The van der Waals surface area contributed by atoms with Crippen LogP contribution in [0, 0.1) is 25.5 Å². The number of aromatic nitrogens is 2. The van der Waals surface area contributed by atoms with Crippen LogP contribution >= 0.6 is 0 Å². The molecule has 3 aliphatic rings. The van der Waals surface area contributed by atoms with Crippen molar-refractivity contribution in [2.45, 2.75) is 116 Å². The van der Waals surface area contributed by atoms with E-state index >= 15 is 8.78 Å². The number of nitrogens with two attached hydrogens (primary N) is 1. The highest BCUT2D eigenvalue weighted by atomic mass is 19.4. The van der Waals surface area contributed by atoms with Crippen LogP contribution in [0.1, 0.15) is 72.6 Å². The van der Waals surface area contributed by atoms with Crippen molar-refractivity contribution in [2.75, 3.05) is 17.2 Å². The van der Waals surface area contributed by atoms with Gasteiger partial charge in [0.2, 0.25) is 5.88 Å². The number of nitrogens with zero attached hydrogens (tertiary/aromatic N) is 4. The molecular weight excluding hydrogens is 681 g/mol. The molecule has 0 radical (unpaired) electrons. The van der Waals surface area contributed by atoms with Crippen LogP contribution < -0.4 is 20.1 Å². The summed E-state index contributed by atoms with van der Waals surface area (Å²) in [6, 6.07) is 0.826. The summed E-state index contributed by atoms with van der Waals surface area (Å²) in [6.45, 7) is 15.1. The van der Waals surface area contributed by atoms with Crippen LogP contribution in [0.5, 0.6) is 11.6 Å². The normalized spacial score (nSPS) is 24.3. The lowest BCUT2D eigenvalue weighted by molar-refractivity contribution is -0.275. The van der Waals surface area contributed by atoms with Gasteiger partial charge in [0.05, 0.1) is 35.2 Å². The molecule has 11 nitrogen and oxygen atoms in total. The lowest BCUT2D eigenvalue weighted by atomic mass is 9.81. The monoisotopic (exact) mass is 721 g/mol. The Morgan fingerprint density at radius 1 is 1.10 bits per heavy atom. The molecule has 1 amide bonds. The Hall–Kier alpha value is -4.63. The molecule has 4 atom stereocenters. The number of amides is 1. The van der Waals surface area contributed by atoms with Crippen molar-refractivity contribution in [2.24, 2.45) is 0 Å². The van der Waals surface area contributed by atoms with Gasteiger partial charge in [0.15, 0.2) is 22.9 Å². The van der Waals surface area contributed by atoms with Crippen molar-refractivity contribution in [1.82, 2.24) is 14.9 Å². The molecule has 0 saturated carbocycles. The Morgan fingerprint density at radius 3 is 2.37 bits per heavy atom. The first-order valence-electron chi connectivity index (χ1n) is 16.5. The molecule has 1 unspecified atom stereocenters. The van der Waals surface area contributed by atoms with Gasteiger partial charge in [0, 0.05) is 22.8 Å². The Kier molecular flexibility index (Phi) is 8.30. The van der Waals surface area contributed by atoms with E-state index in [9.17, 15) is 22.8 Å². The summed E-state index contributed by atoms with van der Waals surface area (Å²) in [5, 5.41) is -0.0226. The second kappa shape index (κ2) is 11.7. The van der Waals surface area contributed by atoms with Crippen molar-refractivity contribution >= 4 is 34.3 Å². The number of anilines is 2. The molecule has 2 saturated heterocycles. The van der Waals surface area contributed by atoms with Crippen LogP contribution in [0.3, 0.4) is 0 Å². The summed E-state index contributed by atoms with van der Waals surface area (Å²) in [5.74, 6) is -4.58. The lowest BCUT2D eigenvalue weighted by Gasteiger charge is -2.57. The predicted octanol–water partition coefficient (Wildman–Crippen LogP) is 7.12. The number of alkyl halides is 3. The van der Waals surface area contributed by atoms with E-state index in [1.807, 2.05) is 11.8 Å². The third-order valence-electron chi connectivity index (χ3n) is 10.0. The van der Waals surface area contributed by atoms with Crippen LogP contribution in [-0.4, -0.2) is 74.8 Å². The van der Waals surface area contributed by atoms with Gasteiger partial charge in [-0.1, -0.05) is 0 Å². The number of hydrogen-bond acceptors (Lipinski definition) is 10. The van der Waals surface area contributed by atoms with Crippen LogP contribution in [0.15, 0.2) is 12.1 Å². The number of benzene rings is 1. The first-order chi connectivity index (χ1) is 23.5. The van der Waals surface area contributed by atoms with Crippen LogP contribution in [0.25, 0.3) is 22.0 Å². The van der Waals surface area contributed by atoms with Gasteiger partial charge in [-0.25, -0.2) is 28.3 Å². The van der Waals surface area contributed by atoms with Crippen molar-refractivity contribution in [3.05, 3.63) is 35.0 Å². The molecular formula is C35H40F5N5O6. The number of esters is 1. The standard InChI is InChI=1S/C35H40F5N5O6/c1-15(2)48-30(46)34-11-10-22(45(34)31(47)51-32(6,7)8)33(9)18(5)49-29-24-23(16(3)17(4)42-28(24)44(33)14-34)25(37)26(43-29)20-12-19(41)13-21(36)27(20)50-35(38,39)40/h12-13,15,18,22H,10-11,14,41H2,1-9H3/t18?,22-,33+,34+/m0/s1. The van der Waals surface area contributed by atoms with Gasteiger partial charge in [0.25, 0.3) is 0 Å². The number of halogens is 5. The second-order valence-corrected chi connectivity index (χ2v) is 14.9. The molecule has 3 aromatic rings. The minimum atomic E-state index is -5.33. The van der Waals surface area contributed by atoms with E-state index in [-0.39, 0.29) is 41.1 Å². The zero-order valence-electron chi connectivity index (χ0n) is 29.7. The average Bonchev–Trinajstić information content (AvgIpc) is 3.29. The molecule has 3 aliphatic heterocycles. The predicted molar refractivity (Wildman–Crippen MR) is 176 cm³/mol. The van der Waals surface area contributed by atoms with Crippen LogP contribution in [0.4, 0.5) is 38.3 Å². The molecule has 16 heteroatoms. The smallest absolute Gasteiger partial charge is 0.472 e. The van der Waals surface area contributed by atoms with Gasteiger partial charge in [-0.3, -0.25) is 4.90 Å². The van der Waals surface area contributed by atoms with E-state index in [1.54, 1.807) is 55.4 Å². The van der Waals surface area contributed by atoms with E-state index in [1.165, 1.54) is 4.90 Å². The molecule has 6 rings (SSSR count). The SMILES string of the molecule is Cc1nc2c3c(nc(-c4cc(N)cc(F)c4OC(F)(F)F)c(F)c3c1C)OC(C)[C@]1(C)[C@@H]3CC[C@](C(=O)OC(C)C)(CN21)N3C(=O)OC(C)(C)C. The largest absolute Gasteiger partial charge is 0.573 e. The summed E-state index contributed by atoms with van der Waals surface area (Å²) in [4.78, 5) is 40.7. The van der Waals surface area contributed by atoms with Gasteiger partial charge >= 0.3 is 18.4 Å². The number of piperazine rings is 1. The summed E-state index contributed by atoms with van der Waals surface area (Å²) in [6.07, 6.45) is -6.91. The highest BCUT2D eigenvalue weighted by molar-refractivity contribution is 6.02. The average molecular weight is 722 g/mol. The maximum Gasteiger partial charge on any atom is 0.573 e. The van der Waals surface area contributed by atoms with Crippen LogP contribution in [-0.2, 0) is 14.3 Å². The molecule has 2 bridgehead atoms. The van der Waals surface area contributed by atoms with Gasteiger partial charge in [-0.15, -0.1) is 13.2 Å². The van der Waals surface area contributed by atoms with Gasteiger partial charge < -0.3 is 29.6 Å². The molecule has 5 heterocycles. The Morgan fingerprint density at radius 2 is 1.76 bits per heavy atom.